The topological polar surface area (TPSA) is 42.4 Å². The molecule has 0 saturated carbocycles. The van der Waals surface area contributed by atoms with E-state index in [-0.39, 0.29) is 5.91 Å². The molecule has 0 unspecified atom stereocenters. The average molecular weight is 393 g/mol. The van der Waals surface area contributed by atoms with Crippen LogP contribution in [0.25, 0.3) is 16.3 Å². The normalized spacial score (nSPS) is 17.3. The molecule has 0 radical (unpaired) electrons. The van der Waals surface area contributed by atoms with Crippen molar-refractivity contribution < 1.29 is 9.53 Å². The van der Waals surface area contributed by atoms with E-state index in [4.69, 9.17) is 9.72 Å². The molecule has 1 aromatic heterocycles. The maximum Gasteiger partial charge on any atom is 0.246 e. The van der Waals surface area contributed by atoms with Crippen molar-refractivity contribution in [1.82, 2.24) is 9.88 Å². The molecule has 144 valence electrons. The molecule has 4 nitrogen and oxygen atoms in total. The Morgan fingerprint density at radius 1 is 1.25 bits per heavy atom. The van der Waals surface area contributed by atoms with Crippen molar-refractivity contribution >= 4 is 33.5 Å². The number of benzene rings is 2. The Hall–Kier alpha value is -2.66. The summed E-state index contributed by atoms with van der Waals surface area (Å²) in [4.78, 5) is 19.4. The molecule has 5 heteroatoms. The third kappa shape index (κ3) is 4.25. The summed E-state index contributed by atoms with van der Waals surface area (Å²) in [6, 6.07) is 16.0. The second kappa shape index (κ2) is 8.57. The molecule has 0 spiro atoms. The fourth-order valence-corrected chi connectivity index (χ4v) is 4.65. The smallest absolute Gasteiger partial charge is 0.246 e. The number of aromatic nitrogens is 1. The van der Waals surface area contributed by atoms with E-state index >= 15 is 0 Å². The second-order valence-electron chi connectivity index (χ2n) is 6.98. The second-order valence-corrected chi connectivity index (χ2v) is 8.04. The van der Waals surface area contributed by atoms with E-state index in [0.29, 0.717) is 12.5 Å². The molecule has 2 heterocycles. The Kier molecular flexibility index (Phi) is 5.72. The molecule has 1 saturated heterocycles. The zero-order valence-corrected chi connectivity index (χ0v) is 16.8. The number of likely N-dealkylation sites (tertiary alicyclic amines) is 1. The molecule has 1 amide bonds. The Labute approximate surface area is 169 Å². The molecular formula is C23H24N2O2S. The lowest BCUT2D eigenvalue weighted by atomic mass is 9.98. The summed E-state index contributed by atoms with van der Waals surface area (Å²) in [6.45, 7) is 4.17. The lowest BCUT2D eigenvalue weighted by molar-refractivity contribution is -0.127. The van der Waals surface area contributed by atoms with Crippen LogP contribution < -0.4 is 4.74 Å². The number of rotatable bonds is 5. The lowest BCUT2D eigenvalue weighted by Crippen LogP contribution is -2.38. The van der Waals surface area contributed by atoms with Crippen molar-refractivity contribution in [2.45, 2.75) is 25.7 Å². The SMILES string of the molecule is CCOc1ccc(/C=C/C(=O)N2CCC[C@@H](c3nc4ccccc4s3)C2)cc1. The first-order chi connectivity index (χ1) is 13.7. The minimum atomic E-state index is 0.0692. The first-order valence-corrected chi connectivity index (χ1v) is 10.6. The molecule has 1 aliphatic heterocycles. The number of para-hydroxylation sites is 1. The number of thiazole rings is 1. The minimum Gasteiger partial charge on any atom is -0.494 e. The first kappa shape index (κ1) is 18.7. The number of amides is 1. The molecular weight excluding hydrogens is 368 g/mol. The molecule has 1 atom stereocenters. The average Bonchev–Trinajstić information content (AvgIpc) is 3.18. The zero-order valence-electron chi connectivity index (χ0n) is 16.0. The van der Waals surface area contributed by atoms with E-state index in [0.717, 1.165) is 47.8 Å². The van der Waals surface area contributed by atoms with Gasteiger partial charge in [0.05, 0.1) is 21.8 Å². The number of hydrogen-bond acceptors (Lipinski definition) is 4. The van der Waals surface area contributed by atoms with Crippen LogP contribution in [0.5, 0.6) is 5.75 Å². The summed E-state index contributed by atoms with van der Waals surface area (Å²) in [7, 11) is 0. The Morgan fingerprint density at radius 2 is 2.07 bits per heavy atom. The van der Waals surface area contributed by atoms with Crippen LogP contribution in [-0.4, -0.2) is 35.5 Å². The molecule has 0 N–H and O–H groups in total. The highest BCUT2D eigenvalue weighted by Crippen LogP contribution is 2.33. The molecule has 0 aliphatic carbocycles. The van der Waals surface area contributed by atoms with Crippen LogP contribution in [0.4, 0.5) is 0 Å². The largest absolute Gasteiger partial charge is 0.494 e. The maximum atomic E-state index is 12.7. The highest BCUT2D eigenvalue weighted by Gasteiger charge is 2.25. The summed E-state index contributed by atoms with van der Waals surface area (Å²) in [5.74, 6) is 1.24. The van der Waals surface area contributed by atoms with Gasteiger partial charge in [-0.1, -0.05) is 24.3 Å². The van der Waals surface area contributed by atoms with Crippen LogP contribution in [-0.2, 0) is 4.79 Å². The maximum absolute atomic E-state index is 12.7. The molecule has 28 heavy (non-hydrogen) atoms. The highest BCUT2D eigenvalue weighted by molar-refractivity contribution is 7.18. The van der Waals surface area contributed by atoms with Crippen molar-refractivity contribution in [2.24, 2.45) is 0 Å². The van der Waals surface area contributed by atoms with Gasteiger partial charge in [-0.3, -0.25) is 4.79 Å². The van der Waals surface area contributed by atoms with Gasteiger partial charge in [-0.05, 0) is 55.7 Å². The molecule has 2 aromatic carbocycles. The van der Waals surface area contributed by atoms with E-state index in [9.17, 15) is 4.79 Å². The monoisotopic (exact) mass is 392 g/mol. The van der Waals surface area contributed by atoms with Gasteiger partial charge >= 0.3 is 0 Å². The van der Waals surface area contributed by atoms with E-state index < -0.39 is 0 Å². The summed E-state index contributed by atoms with van der Waals surface area (Å²) in [6.07, 6.45) is 5.66. The van der Waals surface area contributed by atoms with E-state index in [1.165, 1.54) is 4.70 Å². The number of carbonyl (C=O) groups is 1. The van der Waals surface area contributed by atoms with Crippen molar-refractivity contribution in [3.8, 4) is 5.75 Å². The van der Waals surface area contributed by atoms with Crippen molar-refractivity contribution in [2.75, 3.05) is 19.7 Å². The molecule has 1 aliphatic rings. The first-order valence-electron chi connectivity index (χ1n) is 9.78. The van der Waals surface area contributed by atoms with Gasteiger partial charge in [0, 0.05) is 25.1 Å². The van der Waals surface area contributed by atoms with Gasteiger partial charge in [-0.25, -0.2) is 4.98 Å². The predicted molar refractivity (Wildman–Crippen MR) is 115 cm³/mol. The van der Waals surface area contributed by atoms with Gasteiger partial charge in [0.2, 0.25) is 5.91 Å². The number of piperidine rings is 1. The van der Waals surface area contributed by atoms with Crippen LogP contribution >= 0.6 is 11.3 Å². The molecule has 0 bridgehead atoms. The Bertz CT molecular complexity index is 945. The van der Waals surface area contributed by atoms with Crippen LogP contribution in [0.2, 0.25) is 0 Å². The van der Waals surface area contributed by atoms with E-state index in [2.05, 4.69) is 12.1 Å². The van der Waals surface area contributed by atoms with Crippen LogP contribution in [0.3, 0.4) is 0 Å². The third-order valence-corrected chi connectivity index (χ3v) is 6.20. The van der Waals surface area contributed by atoms with Crippen molar-refractivity contribution in [3.05, 3.63) is 65.2 Å². The summed E-state index contributed by atoms with van der Waals surface area (Å²) in [5.41, 5.74) is 2.05. The minimum absolute atomic E-state index is 0.0692. The Morgan fingerprint density at radius 3 is 2.86 bits per heavy atom. The predicted octanol–water partition coefficient (Wildman–Crippen LogP) is 5.11. The van der Waals surface area contributed by atoms with Gasteiger partial charge in [-0.15, -0.1) is 11.3 Å². The zero-order chi connectivity index (χ0) is 19.3. The van der Waals surface area contributed by atoms with Gasteiger partial charge in [0.1, 0.15) is 5.75 Å². The highest BCUT2D eigenvalue weighted by atomic mass is 32.1. The summed E-state index contributed by atoms with van der Waals surface area (Å²) >= 11 is 1.75. The van der Waals surface area contributed by atoms with Crippen LogP contribution in [0.15, 0.2) is 54.6 Å². The van der Waals surface area contributed by atoms with E-state index in [1.807, 2.05) is 54.3 Å². The number of nitrogens with zero attached hydrogens (tertiary/aromatic N) is 2. The standard InChI is InChI=1S/C23H24N2O2S/c1-2-27-19-12-9-17(10-13-19)11-14-22(26)25-15-5-6-18(16-25)23-24-20-7-3-4-8-21(20)28-23/h3-4,7-14,18H,2,5-6,15-16H2,1H3/b14-11+/t18-/m1/s1. The van der Waals surface area contributed by atoms with Gasteiger partial charge in [0.15, 0.2) is 0 Å². The number of hydrogen-bond donors (Lipinski definition) is 0. The molecule has 4 rings (SSSR count). The van der Waals surface area contributed by atoms with Crippen LogP contribution in [0.1, 0.15) is 36.3 Å². The van der Waals surface area contributed by atoms with Crippen molar-refractivity contribution in [3.63, 3.8) is 0 Å². The van der Waals surface area contributed by atoms with Gasteiger partial charge in [0.25, 0.3) is 0 Å². The number of ether oxygens (including phenoxy) is 1. The van der Waals surface area contributed by atoms with Crippen molar-refractivity contribution in [1.29, 1.82) is 0 Å². The van der Waals surface area contributed by atoms with E-state index in [1.54, 1.807) is 17.4 Å². The van der Waals surface area contributed by atoms with Crippen LogP contribution in [0, 0.1) is 0 Å². The quantitative estimate of drug-likeness (QED) is 0.566. The Balaban J connectivity index is 1.41. The fourth-order valence-electron chi connectivity index (χ4n) is 3.56. The van der Waals surface area contributed by atoms with Gasteiger partial charge in [-0.2, -0.15) is 0 Å². The number of fused-ring (bicyclic) bond motifs is 1. The lowest BCUT2D eigenvalue weighted by Gasteiger charge is -2.31. The third-order valence-electron chi connectivity index (χ3n) is 5.00. The fraction of sp³-hybridized carbons (Fsp3) is 0.304. The number of carbonyl (C=O) groups excluding carboxylic acids is 1. The van der Waals surface area contributed by atoms with Gasteiger partial charge < -0.3 is 9.64 Å². The summed E-state index contributed by atoms with van der Waals surface area (Å²) in [5, 5.41) is 1.15. The summed E-state index contributed by atoms with van der Waals surface area (Å²) < 4.78 is 6.67. The molecule has 3 aromatic rings. The molecule has 1 fully saturated rings.